The summed E-state index contributed by atoms with van der Waals surface area (Å²) >= 11 is 0. The number of rotatable bonds is 1. The highest BCUT2D eigenvalue weighted by molar-refractivity contribution is 5.74. The smallest absolute Gasteiger partial charge is 0.123 e. The van der Waals surface area contributed by atoms with Crippen LogP contribution in [-0.4, -0.2) is 5.11 Å². The van der Waals surface area contributed by atoms with Crippen LogP contribution in [0.25, 0.3) is 11.1 Å². The van der Waals surface area contributed by atoms with Gasteiger partial charge in [-0.2, -0.15) is 0 Å². The average molecular weight is 226 g/mol. The van der Waals surface area contributed by atoms with E-state index >= 15 is 0 Å². The van der Waals surface area contributed by atoms with E-state index in [9.17, 15) is 5.11 Å². The number of aryl methyl sites for hydroxylation is 4. The van der Waals surface area contributed by atoms with Crippen molar-refractivity contribution in [1.29, 1.82) is 0 Å². The summed E-state index contributed by atoms with van der Waals surface area (Å²) in [5, 5.41) is 10.1. The van der Waals surface area contributed by atoms with Crippen LogP contribution < -0.4 is 0 Å². The Morgan fingerprint density at radius 3 is 2.00 bits per heavy atom. The lowest BCUT2D eigenvalue weighted by molar-refractivity contribution is 0.476. The van der Waals surface area contributed by atoms with Gasteiger partial charge in [-0.3, -0.25) is 0 Å². The van der Waals surface area contributed by atoms with Crippen molar-refractivity contribution < 1.29 is 5.11 Å². The van der Waals surface area contributed by atoms with E-state index in [-0.39, 0.29) is 0 Å². The molecule has 0 saturated carbocycles. The van der Waals surface area contributed by atoms with Gasteiger partial charge in [-0.25, -0.2) is 0 Å². The van der Waals surface area contributed by atoms with Crippen molar-refractivity contribution in [1.82, 2.24) is 0 Å². The number of benzene rings is 2. The first-order valence-corrected chi connectivity index (χ1v) is 5.87. The van der Waals surface area contributed by atoms with Gasteiger partial charge in [0.2, 0.25) is 0 Å². The maximum absolute atomic E-state index is 10.1. The van der Waals surface area contributed by atoms with Gasteiger partial charge in [0.05, 0.1) is 0 Å². The summed E-state index contributed by atoms with van der Waals surface area (Å²) in [6.07, 6.45) is 0. The van der Waals surface area contributed by atoms with Crippen LogP contribution in [0.2, 0.25) is 0 Å². The average Bonchev–Trinajstić information content (AvgIpc) is 2.24. The zero-order valence-corrected chi connectivity index (χ0v) is 10.8. The molecule has 2 aromatic carbocycles. The van der Waals surface area contributed by atoms with Gasteiger partial charge in [-0.05, 0) is 62.1 Å². The summed E-state index contributed by atoms with van der Waals surface area (Å²) in [5.41, 5.74) is 6.80. The molecule has 1 nitrogen and oxygen atoms in total. The third-order valence-electron chi connectivity index (χ3n) is 3.28. The molecule has 17 heavy (non-hydrogen) atoms. The number of aromatic hydroxyl groups is 1. The predicted octanol–water partition coefficient (Wildman–Crippen LogP) is 4.29. The van der Waals surface area contributed by atoms with E-state index in [1.807, 2.05) is 13.0 Å². The van der Waals surface area contributed by atoms with Crippen LogP contribution in [0.15, 0.2) is 30.3 Å². The Morgan fingerprint density at radius 2 is 1.35 bits per heavy atom. The van der Waals surface area contributed by atoms with Crippen molar-refractivity contribution in [2.75, 3.05) is 0 Å². The van der Waals surface area contributed by atoms with Crippen molar-refractivity contribution in [3.05, 3.63) is 52.6 Å². The summed E-state index contributed by atoms with van der Waals surface area (Å²) in [6.45, 7) is 8.25. The Balaban J connectivity index is 2.64. The van der Waals surface area contributed by atoms with Gasteiger partial charge in [0.25, 0.3) is 0 Å². The zero-order valence-electron chi connectivity index (χ0n) is 10.8. The second-order valence-corrected chi connectivity index (χ2v) is 4.77. The lowest BCUT2D eigenvalue weighted by Gasteiger charge is -2.11. The molecular weight excluding hydrogens is 208 g/mol. The summed E-state index contributed by atoms with van der Waals surface area (Å²) in [4.78, 5) is 0. The van der Waals surface area contributed by atoms with Crippen LogP contribution >= 0.6 is 0 Å². The summed E-state index contributed by atoms with van der Waals surface area (Å²) < 4.78 is 0. The van der Waals surface area contributed by atoms with Crippen molar-refractivity contribution in [3.63, 3.8) is 0 Å². The minimum Gasteiger partial charge on any atom is -0.507 e. The molecule has 0 heterocycles. The van der Waals surface area contributed by atoms with Crippen molar-refractivity contribution in [2.24, 2.45) is 0 Å². The molecule has 0 aliphatic rings. The molecule has 2 rings (SSSR count). The molecule has 0 aliphatic heterocycles. The summed E-state index contributed by atoms with van der Waals surface area (Å²) in [6, 6.07) is 10.2. The van der Waals surface area contributed by atoms with E-state index in [2.05, 4.69) is 45.0 Å². The van der Waals surface area contributed by atoms with E-state index < -0.39 is 0 Å². The van der Waals surface area contributed by atoms with Gasteiger partial charge in [0.15, 0.2) is 0 Å². The second kappa shape index (κ2) is 4.25. The molecule has 0 saturated heterocycles. The molecule has 0 spiro atoms. The Kier molecular flexibility index (Phi) is 2.93. The maximum Gasteiger partial charge on any atom is 0.123 e. The minimum atomic E-state index is 0.361. The highest BCUT2D eigenvalue weighted by Crippen LogP contribution is 2.33. The highest BCUT2D eigenvalue weighted by atomic mass is 16.3. The summed E-state index contributed by atoms with van der Waals surface area (Å²) in [5.74, 6) is 0.361. The van der Waals surface area contributed by atoms with Crippen LogP contribution in [0.4, 0.5) is 0 Å². The zero-order chi connectivity index (χ0) is 12.6. The van der Waals surface area contributed by atoms with Gasteiger partial charge >= 0.3 is 0 Å². The highest BCUT2D eigenvalue weighted by Gasteiger charge is 2.09. The fourth-order valence-electron chi connectivity index (χ4n) is 2.13. The Labute approximate surface area is 103 Å². The van der Waals surface area contributed by atoms with Crippen LogP contribution in [-0.2, 0) is 0 Å². The fourth-order valence-corrected chi connectivity index (χ4v) is 2.13. The van der Waals surface area contributed by atoms with Gasteiger partial charge in [0, 0.05) is 5.56 Å². The Morgan fingerprint density at radius 1 is 0.706 bits per heavy atom. The molecule has 0 aliphatic carbocycles. The second-order valence-electron chi connectivity index (χ2n) is 4.77. The topological polar surface area (TPSA) is 20.2 Å². The molecule has 0 bridgehead atoms. The molecular formula is C16H18O. The van der Waals surface area contributed by atoms with Crippen LogP contribution in [0, 0.1) is 27.7 Å². The van der Waals surface area contributed by atoms with Gasteiger partial charge in [0.1, 0.15) is 5.75 Å². The first kappa shape index (κ1) is 11.7. The summed E-state index contributed by atoms with van der Waals surface area (Å²) in [7, 11) is 0. The molecule has 2 aromatic rings. The van der Waals surface area contributed by atoms with Crippen molar-refractivity contribution >= 4 is 0 Å². The van der Waals surface area contributed by atoms with Gasteiger partial charge in [-0.1, -0.05) is 23.8 Å². The lowest BCUT2D eigenvalue weighted by Crippen LogP contribution is -1.88. The van der Waals surface area contributed by atoms with Gasteiger partial charge in [-0.15, -0.1) is 0 Å². The third kappa shape index (κ3) is 2.19. The van der Waals surface area contributed by atoms with Crippen LogP contribution in [0.3, 0.4) is 0 Å². The molecule has 88 valence electrons. The van der Waals surface area contributed by atoms with E-state index in [4.69, 9.17) is 0 Å². The predicted molar refractivity (Wildman–Crippen MR) is 72.5 cm³/mol. The van der Waals surface area contributed by atoms with E-state index in [0.29, 0.717) is 5.75 Å². The lowest BCUT2D eigenvalue weighted by atomic mass is 9.95. The van der Waals surface area contributed by atoms with E-state index in [0.717, 1.165) is 16.7 Å². The molecule has 0 radical (unpaired) electrons. The molecule has 0 fully saturated rings. The van der Waals surface area contributed by atoms with Crippen LogP contribution in [0.5, 0.6) is 5.75 Å². The SMILES string of the molecule is Cc1ccc(-c2cc(C)c(C)cc2O)c(C)c1. The number of phenols is 1. The molecule has 0 amide bonds. The Bertz CT molecular complexity index is 568. The molecule has 1 heteroatoms. The molecule has 1 N–H and O–H groups in total. The first-order chi connectivity index (χ1) is 7.99. The maximum atomic E-state index is 10.1. The number of hydrogen-bond acceptors (Lipinski definition) is 1. The van der Waals surface area contributed by atoms with Gasteiger partial charge < -0.3 is 5.11 Å². The standard InChI is InChI=1S/C16H18O/c1-10-5-6-14(13(4)7-10)15-8-11(2)12(3)9-16(15)17/h5-9,17H,1-4H3. The van der Waals surface area contributed by atoms with Crippen molar-refractivity contribution in [3.8, 4) is 16.9 Å². The van der Waals surface area contributed by atoms with Crippen molar-refractivity contribution in [2.45, 2.75) is 27.7 Å². The monoisotopic (exact) mass is 226 g/mol. The molecule has 0 atom stereocenters. The van der Waals surface area contributed by atoms with E-state index in [1.54, 1.807) is 0 Å². The molecule has 0 unspecified atom stereocenters. The third-order valence-corrected chi connectivity index (χ3v) is 3.28. The largest absolute Gasteiger partial charge is 0.507 e. The minimum absolute atomic E-state index is 0.361. The molecule has 0 aromatic heterocycles. The number of hydrogen-bond donors (Lipinski definition) is 1. The Hall–Kier alpha value is -1.76. The normalized spacial score (nSPS) is 10.6. The number of phenolic OH excluding ortho intramolecular Hbond substituents is 1. The van der Waals surface area contributed by atoms with E-state index in [1.165, 1.54) is 16.7 Å². The fraction of sp³-hybridized carbons (Fsp3) is 0.250. The van der Waals surface area contributed by atoms with Crippen LogP contribution in [0.1, 0.15) is 22.3 Å². The quantitative estimate of drug-likeness (QED) is 0.769. The first-order valence-electron chi connectivity index (χ1n) is 5.87.